The molecule has 1 atom stereocenters. The van der Waals surface area contributed by atoms with Gasteiger partial charge in [-0.2, -0.15) is 0 Å². The highest BCUT2D eigenvalue weighted by atomic mass is 35.5. The van der Waals surface area contributed by atoms with Gasteiger partial charge in [-0.05, 0) is 12.8 Å². The summed E-state index contributed by atoms with van der Waals surface area (Å²) in [4.78, 5) is 7.95. The highest BCUT2D eigenvalue weighted by Crippen LogP contribution is 2.29. The molecule has 1 N–H and O–H groups in total. The van der Waals surface area contributed by atoms with Crippen LogP contribution in [0.15, 0.2) is 6.33 Å². The minimum atomic E-state index is 0.296. The normalized spacial score (nSPS) is 12.7. The van der Waals surface area contributed by atoms with E-state index in [-0.39, 0.29) is 0 Å². The average Bonchev–Trinajstić information content (AvgIpc) is 2.18. The highest BCUT2D eigenvalue weighted by molar-refractivity contribution is 6.31. The van der Waals surface area contributed by atoms with Crippen molar-refractivity contribution in [3.8, 4) is 5.75 Å². The topological polar surface area (TPSA) is 47.0 Å². The molecule has 15 heavy (non-hydrogen) atoms. The molecule has 0 aliphatic rings. The third-order valence-corrected chi connectivity index (χ3v) is 2.60. The van der Waals surface area contributed by atoms with Crippen molar-refractivity contribution >= 4 is 17.4 Å². The van der Waals surface area contributed by atoms with Crippen molar-refractivity contribution in [2.75, 3.05) is 12.4 Å². The van der Waals surface area contributed by atoms with Crippen molar-refractivity contribution < 1.29 is 4.74 Å². The van der Waals surface area contributed by atoms with Gasteiger partial charge in [-0.3, -0.25) is 0 Å². The summed E-state index contributed by atoms with van der Waals surface area (Å²) in [5.74, 6) is 1.63. The number of aromatic nitrogens is 2. The van der Waals surface area contributed by atoms with E-state index < -0.39 is 0 Å². The Morgan fingerprint density at radius 2 is 2.00 bits per heavy atom. The first-order valence-corrected chi connectivity index (χ1v) is 5.25. The van der Waals surface area contributed by atoms with Crippen molar-refractivity contribution in [3.05, 3.63) is 11.5 Å². The Kier molecular flexibility index (Phi) is 4.15. The van der Waals surface area contributed by atoms with Crippen LogP contribution >= 0.6 is 11.6 Å². The van der Waals surface area contributed by atoms with E-state index in [1.165, 1.54) is 6.33 Å². The molecule has 0 bridgehead atoms. The summed E-state index contributed by atoms with van der Waals surface area (Å²) >= 11 is 5.88. The second-order valence-electron chi connectivity index (χ2n) is 3.72. The van der Waals surface area contributed by atoms with Crippen LogP contribution in [0, 0.1) is 5.92 Å². The van der Waals surface area contributed by atoms with Gasteiger partial charge in [-0.15, -0.1) is 0 Å². The van der Waals surface area contributed by atoms with Gasteiger partial charge in [-0.1, -0.05) is 25.4 Å². The number of nitrogens with zero attached hydrogens (tertiary/aromatic N) is 2. The van der Waals surface area contributed by atoms with Crippen LogP contribution in [0.1, 0.15) is 20.8 Å². The van der Waals surface area contributed by atoms with Crippen molar-refractivity contribution in [3.63, 3.8) is 0 Å². The summed E-state index contributed by atoms with van der Waals surface area (Å²) in [6.45, 7) is 6.35. The summed E-state index contributed by atoms with van der Waals surface area (Å²) in [6, 6.07) is 0.296. The second-order valence-corrected chi connectivity index (χ2v) is 4.08. The predicted molar refractivity (Wildman–Crippen MR) is 61.5 cm³/mol. The molecule has 0 aromatic carbocycles. The Morgan fingerprint density at radius 3 is 2.53 bits per heavy atom. The first kappa shape index (κ1) is 12.0. The van der Waals surface area contributed by atoms with Gasteiger partial charge in [0.15, 0.2) is 16.7 Å². The zero-order valence-corrected chi connectivity index (χ0v) is 10.2. The molecule has 84 valence electrons. The molecule has 0 aliphatic heterocycles. The van der Waals surface area contributed by atoms with Crippen LogP contribution in [-0.2, 0) is 0 Å². The number of hydrogen-bond donors (Lipinski definition) is 1. The van der Waals surface area contributed by atoms with E-state index in [0.717, 1.165) is 0 Å². The third-order valence-electron chi connectivity index (χ3n) is 2.33. The maximum absolute atomic E-state index is 5.88. The number of nitrogens with one attached hydrogen (secondary N) is 1. The predicted octanol–water partition coefficient (Wildman–Crippen LogP) is 2.60. The lowest BCUT2D eigenvalue weighted by atomic mass is 10.1. The van der Waals surface area contributed by atoms with Crippen LogP contribution in [0.3, 0.4) is 0 Å². The molecule has 4 nitrogen and oxygen atoms in total. The summed E-state index contributed by atoms with van der Waals surface area (Å²) < 4.78 is 5.14. The number of hydrogen-bond acceptors (Lipinski definition) is 4. The van der Waals surface area contributed by atoms with Crippen LogP contribution in [-0.4, -0.2) is 23.1 Å². The molecule has 0 radical (unpaired) electrons. The molecule has 0 saturated carbocycles. The Hall–Kier alpha value is -1.03. The Balaban J connectivity index is 2.89. The standard InChI is InChI=1S/C10H16ClN3O/c1-6(2)7(3)14-10-8(15-4)9(11)12-5-13-10/h5-7H,1-4H3,(H,12,13,14). The van der Waals surface area contributed by atoms with E-state index in [9.17, 15) is 0 Å². The molecule has 0 spiro atoms. The number of anilines is 1. The van der Waals surface area contributed by atoms with E-state index in [2.05, 4.69) is 36.1 Å². The molecular formula is C10H16ClN3O. The SMILES string of the molecule is COc1c(Cl)ncnc1NC(C)C(C)C. The molecule has 1 unspecified atom stereocenters. The van der Waals surface area contributed by atoms with Gasteiger partial charge in [0.05, 0.1) is 7.11 Å². The monoisotopic (exact) mass is 229 g/mol. The molecule has 0 amide bonds. The summed E-state index contributed by atoms with van der Waals surface area (Å²) in [6.07, 6.45) is 1.42. The number of halogens is 1. The van der Waals surface area contributed by atoms with Gasteiger partial charge in [0.2, 0.25) is 0 Å². The van der Waals surface area contributed by atoms with Gasteiger partial charge in [-0.25, -0.2) is 9.97 Å². The van der Waals surface area contributed by atoms with E-state index in [0.29, 0.717) is 28.7 Å². The van der Waals surface area contributed by atoms with Gasteiger partial charge in [0.25, 0.3) is 0 Å². The van der Waals surface area contributed by atoms with Crippen LogP contribution in [0.25, 0.3) is 0 Å². The number of ether oxygens (including phenoxy) is 1. The molecule has 1 aromatic heterocycles. The van der Waals surface area contributed by atoms with Crippen molar-refractivity contribution in [1.29, 1.82) is 0 Å². The van der Waals surface area contributed by atoms with Crippen LogP contribution < -0.4 is 10.1 Å². The summed E-state index contributed by atoms with van der Waals surface area (Å²) in [5.41, 5.74) is 0. The largest absolute Gasteiger partial charge is 0.490 e. The molecule has 1 aromatic rings. The lowest BCUT2D eigenvalue weighted by Gasteiger charge is -2.19. The summed E-state index contributed by atoms with van der Waals surface area (Å²) in [5, 5.41) is 3.57. The first-order chi connectivity index (χ1) is 7.06. The highest BCUT2D eigenvalue weighted by Gasteiger charge is 2.14. The molecular weight excluding hydrogens is 214 g/mol. The molecule has 1 rings (SSSR count). The maximum atomic E-state index is 5.88. The first-order valence-electron chi connectivity index (χ1n) is 4.87. The molecule has 0 fully saturated rings. The lowest BCUT2D eigenvalue weighted by molar-refractivity contribution is 0.411. The minimum absolute atomic E-state index is 0.296. The van der Waals surface area contributed by atoms with Gasteiger partial charge in [0.1, 0.15) is 6.33 Å². The molecule has 0 aliphatic carbocycles. The van der Waals surface area contributed by atoms with Gasteiger partial charge in [0, 0.05) is 6.04 Å². The third kappa shape index (κ3) is 2.96. The van der Waals surface area contributed by atoms with Gasteiger partial charge >= 0.3 is 0 Å². The number of methoxy groups -OCH3 is 1. The zero-order chi connectivity index (χ0) is 11.4. The Morgan fingerprint density at radius 1 is 1.33 bits per heavy atom. The fraction of sp³-hybridized carbons (Fsp3) is 0.600. The Bertz CT molecular complexity index is 330. The molecule has 5 heteroatoms. The van der Waals surface area contributed by atoms with Crippen LogP contribution in [0.5, 0.6) is 5.75 Å². The van der Waals surface area contributed by atoms with E-state index >= 15 is 0 Å². The van der Waals surface area contributed by atoms with E-state index in [1.54, 1.807) is 7.11 Å². The summed E-state index contributed by atoms with van der Waals surface area (Å²) in [7, 11) is 1.55. The van der Waals surface area contributed by atoms with Crippen molar-refractivity contribution in [2.24, 2.45) is 5.92 Å². The van der Waals surface area contributed by atoms with Crippen molar-refractivity contribution in [2.45, 2.75) is 26.8 Å². The fourth-order valence-electron chi connectivity index (χ4n) is 1.02. The Labute approximate surface area is 95.0 Å². The number of rotatable bonds is 4. The zero-order valence-electron chi connectivity index (χ0n) is 9.41. The quantitative estimate of drug-likeness (QED) is 0.807. The van der Waals surface area contributed by atoms with Crippen LogP contribution in [0.2, 0.25) is 5.15 Å². The molecule has 0 saturated heterocycles. The lowest BCUT2D eigenvalue weighted by Crippen LogP contribution is -2.22. The fourth-order valence-corrected chi connectivity index (χ4v) is 1.23. The molecule has 1 heterocycles. The van der Waals surface area contributed by atoms with E-state index in [1.807, 2.05) is 0 Å². The van der Waals surface area contributed by atoms with Gasteiger partial charge < -0.3 is 10.1 Å². The second kappa shape index (κ2) is 5.16. The smallest absolute Gasteiger partial charge is 0.198 e. The van der Waals surface area contributed by atoms with Crippen LogP contribution in [0.4, 0.5) is 5.82 Å². The average molecular weight is 230 g/mol. The van der Waals surface area contributed by atoms with Crippen molar-refractivity contribution in [1.82, 2.24) is 9.97 Å². The minimum Gasteiger partial charge on any atom is -0.490 e. The maximum Gasteiger partial charge on any atom is 0.198 e. The van der Waals surface area contributed by atoms with E-state index in [4.69, 9.17) is 16.3 Å².